The number of hydrogen-bond acceptors (Lipinski definition) is 6. The molecule has 0 aliphatic rings. The quantitative estimate of drug-likeness (QED) is 0.326. The molecule has 2 N–H and O–H groups in total. The number of pyridine rings is 1. The Morgan fingerprint density at radius 2 is 1.75 bits per heavy atom. The molecule has 0 aliphatic carbocycles. The lowest BCUT2D eigenvalue weighted by Crippen LogP contribution is -2.01. The summed E-state index contributed by atoms with van der Waals surface area (Å²) in [4.78, 5) is 4.40. The van der Waals surface area contributed by atoms with Crippen LogP contribution >= 0.6 is 11.6 Å². The number of nitrogens with one attached hydrogen (secondary N) is 2. The number of benzene rings is 3. The van der Waals surface area contributed by atoms with Crippen LogP contribution in [0.25, 0.3) is 10.9 Å². The first-order valence-corrected chi connectivity index (χ1v) is 11.5. The topological polar surface area (TPSA) is 94.9 Å². The Kier molecular flexibility index (Phi) is 6.55. The molecule has 1 aromatic heterocycles. The van der Waals surface area contributed by atoms with Crippen LogP contribution in [0.1, 0.15) is 16.7 Å². The third kappa shape index (κ3) is 5.17. The molecule has 3 aromatic carbocycles. The zero-order chi connectivity index (χ0) is 22.5. The van der Waals surface area contributed by atoms with Gasteiger partial charge in [0.1, 0.15) is 16.8 Å². The smallest absolute Gasteiger partial charge is 0.144 e. The molecule has 0 unspecified atom stereocenters. The third-order valence-electron chi connectivity index (χ3n) is 4.91. The Balaban J connectivity index is 1.60. The zero-order valence-corrected chi connectivity index (χ0v) is 18.5. The number of nitriles is 1. The summed E-state index contributed by atoms with van der Waals surface area (Å²) in [6.45, 7) is 0.567. The summed E-state index contributed by atoms with van der Waals surface area (Å²) >= 11 is 6.10. The van der Waals surface area contributed by atoms with Gasteiger partial charge < -0.3 is 10.6 Å². The number of halogens is 1. The van der Waals surface area contributed by atoms with Crippen molar-refractivity contribution in [3.05, 3.63) is 94.6 Å². The summed E-state index contributed by atoms with van der Waals surface area (Å²) in [6.07, 6.45) is 1.56. The van der Waals surface area contributed by atoms with Crippen molar-refractivity contribution in [2.75, 3.05) is 10.6 Å². The van der Waals surface area contributed by atoms with Gasteiger partial charge in [-0.15, -0.1) is 0 Å². The molecule has 160 valence electrons. The Morgan fingerprint density at radius 3 is 2.47 bits per heavy atom. The van der Waals surface area contributed by atoms with Gasteiger partial charge >= 0.3 is 0 Å². The van der Waals surface area contributed by atoms with Crippen LogP contribution in [-0.4, -0.2) is 13.4 Å². The largest absolute Gasteiger partial charge is 0.381 e. The molecule has 0 fully saturated rings. The van der Waals surface area contributed by atoms with E-state index in [1.807, 2.05) is 54.6 Å². The minimum Gasteiger partial charge on any atom is -0.381 e. The van der Waals surface area contributed by atoms with E-state index in [2.05, 4.69) is 21.7 Å². The zero-order valence-electron chi connectivity index (χ0n) is 16.9. The number of rotatable bonds is 7. The molecule has 6 nitrogen and oxygen atoms in total. The van der Waals surface area contributed by atoms with E-state index < -0.39 is 10.7 Å². The molecule has 0 aliphatic heterocycles. The molecule has 32 heavy (non-hydrogen) atoms. The van der Waals surface area contributed by atoms with Crippen molar-refractivity contribution in [2.45, 2.75) is 12.3 Å². The first kappa shape index (κ1) is 21.6. The van der Waals surface area contributed by atoms with Crippen molar-refractivity contribution in [3.8, 4) is 6.07 Å². The third-order valence-corrected chi connectivity index (χ3v) is 5.77. The fraction of sp³-hybridized carbons (Fsp3) is 0.0833. The Morgan fingerprint density at radius 1 is 0.969 bits per heavy atom. The number of fused-ring (bicyclic) bond motifs is 1. The molecular formula is C24H19ClN4O2S. The van der Waals surface area contributed by atoms with Gasteiger partial charge in [0.25, 0.3) is 0 Å². The molecular weight excluding hydrogens is 444 g/mol. The van der Waals surface area contributed by atoms with Crippen LogP contribution < -0.4 is 10.6 Å². The molecule has 0 atom stereocenters. The van der Waals surface area contributed by atoms with E-state index >= 15 is 0 Å². The fourth-order valence-corrected chi connectivity index (χ4v) is 4.05. The summed E-state index contributed by atoms with van der Waals surface area (Å²) in [6, 6.07) is 22.7. The lowest BCUT2D eigenvalue weighted by molar-refractivity contribution is 0.614. The van der Waals surface area contributed by atoms with Gasteiger partial charge in [-0.1, -0.05) is 41.9 Å². The SMILES string of the molecule is N#Cc1cnc2ccc(NCc3ccc(C[SH](=O)=O)cc3)cc2c1Nc1cccc(Cl)c1. The molecule has 4 aromatic rings. The summed E-state index contributed by atoms with van der Waals surface area (Å²) in [5.74, 6) is 0.0460. The van der Waals surface area contributed by atoms with Crippen LogP contribution in [0.15, 0.2) is 72.9 Å². The first-order valence-electron chi connectivity index (χ1n) is 9.81. The molecule has 8 heteroatoms. The van der Waals surface area contributed by atoms with Gasteiger partial charge in [0.15, 0.2) is 0 Å². The molecule has 0 amide bonds. The summed E-state index contributed by atoms with van der Waals surface area (Å²) < 4.78 is 21.7. The van der Waals surface area contributed by atoms with E-state index in [0.29, 0.717) is 22.8 Å². The molecule has 0 radical (unpaired) electrons. The monoisotopic (exact) mass is 462 g/mol. The normalized spacial score (nSPS) is 10.8. The van der Waals surface area contributed by atoms with Crippen molar-refractivity contribution >= 4 is 50.3 Å². The van der Waals surface area contributed by atoms with Gasteiger partial charge in [-0.2, -0.15) is 5.26 Å². The second-order valence-electron chi connectivity index (χ2n) is 7.19. The van der Waals surface area contributed by atoms with Crippen molar-refractivity contribution in [1.82, 2.24) is 4.98 Å². The fourth-order valence-electron chi connectivity index (χ4n) is 3.35. The van der Waals surface area contributed by atoms with Crippen molar-refractivity contribution in [1.29, 1.82) is 5.26 Å². The maximum atomic E-state index is 10.9. The number of nitrogens with zero attached hydrogens (tertiary/aromatic N) is 2. The van der Waals surface area contributed by atoms with Crippen LogP contribution in [-0.2, 0) is 23.0 Å². The average Bonchev–Trinajstić information content (AvgIpc) is 2.78. The van der Waals surface area contributed by atoms with Crippen LogP contribution in [0.5, 0.6) is 0 Å². The maximum Gasteiger partial charge on any atom is 0.144 e. The van der Waals surface area contributed by atoms with E-state index in [0.717, 1.165) is 33.4 Å². The summed E-state index contributed by atoms with van der Waals surface area (Å²) in [5, 5.41) is 17.7. The van der Waals surface area contributed by atoms with Gasteiger partial charge in [0.2, 0.25) is 0 Å². The minimum absolute atomic E-state index is 0.0460. The second kappa shape index (κ2) is 9.69. The first-order chi connectivity index (χ1) is 15.5. The van der Waals surface area contributed by atoms with Gasteiger partial charge in [-0.3, -0.25) is 4.98 Å². The predicted molar refractivity (Wildman–Crippen MR) is 129 cm³/mol. The van der Waals surface area contributed by atoms with Gasteiger partial charge in [0, 0.05) is 34.5 Å². The molecule has 1 heterocycles. The maximum absolute atomic E-state index is 10.9. The molecule has 4 rings (SSSR count). The lowest BCUT2D eigenvalue weighted by Gasteiger charge is -2.14. The highest BCUT2D eigenvalue weighted by molar-refractivity contribution is 7.71. The van der Waals surface area contributed by atoms with Crippen molar-refractivity contribution in [3.63, 3.8) is 0 Å². The minimum atomic E-state index is -2.43. The Hall–Kier alpha value is -3.60. The molecule has 0 saturated heterocycles. The van der Waals surface area contributed by atoms with E-state index in [4.69, 9.17) is 11.6 Å². The van der Waals surface area contributed by atoms with Crippen LogP contribution in [0.4, 0.5) is 17.1 Å². The van der Waals surface area contributed by atoms with E-state index in [-0.39, 0.29) is 5.75 Å². The average molecular weight is 463 g/mol. The predicted octanol–water partition coefficient (Wildman–Crippen LogP) is 5.23. The highest BCUT2D eigenvalue weighted by atomic mass is 35.5. The molecule has 0 saturated carbocycles. The Bertz CT molecular complexity index is 1390. The standard InChI is InChI=1S/C24H19ClN4O2S/c25-19-2-1-3-21(10-19)29-24-18(12-26)14-28-23-9-8-20(11-22(23)24)27-13-16-4-6-17(7-5-16)15-32(30)31/h1-11,14,27,32H,13,15H2,(H,28,29). The molecule has 0 bridgehead atoms. The summed E-state index contributed by atoms with van der Waals surface area (Å²) in [5.41, 5.74) is 5.30. The highest BCUT2D eigenvalue weighted by Crippen LogP contribution is 2.31. The summed E-state index contributed by atoms with van der Waals surface area (Å²) in [7, 11) is -2.43. The van der Waals surface area contributed by atoms with Crippen molar-refractivity contribution in [2.24, 2.45) is 0 Å². The van der Waals surface area contributed by atoms with Crippen LogP contribution in [0, 0.1) is 11.3 Å². The van der Waals surface area contributed by atoms with Gasteiger partial charge in [-0.25, -0.2) is 8.42 Å². The van der Waals surface area contributed by atoms with Gasteiger partial charge in [-0.05, 0) is 47.5 Å². The number of aromatic nitrogens is 1. The van der Waals surface area contributed by atoms with E-state index in [9.17, 15) is 13.7 Å². The molecule has 0 spiro atoms. The van der Waals surface area contributed by atoms with Crippen LogP contribution in [0.3, 0.4) is 0 Å². The number of thiol groups is 1. The second-order valence-corrected chi connectivity index (χ2v) is 8.60. The Labute approximate surface area is 192 Å². The van der Waals surface area contributed by atoms with Crippen LogP contribution in [0.2, 0.25) is 5.02 Å². The lowest BCUT2D eigenvalue weighted by atomic mass is 10.1. The van der Waals surface area contributed by atoms with E-state index in [1.54, 1.807) is 18.3 Å². The van der Waals surface area contributed by atoms with Crippen molar-refractivity contribution < 1.29 is 8.42 Å². The number of anilines is 3. The number of hydrogen-bond donors (Lipinski definition) is 3. The van der Waals surface area contributed by atoms with E-state index in [1.165, 1.54) is 0 Å². The highest BCUT2D eigenvalue weighted by Gasteiger charge is 2.11. The van der Waals surface area contributed by atoms with Gasteiger partial charge in [0.05, 0.1) is 22.5 Å².